The topological polar surface area (TPSA) is 119 Å². The van der Waals surface area contributed by atoms with Gasteiger partial charge in [-0.05, 0) is 37.7 Å². The van der Waals surface area contributed by atoms with Crippen LogP contribution in [0.1, 0.15) is 27.1 Å². The van der Waals surface area contributed by atoms with Crippen LogP contribution in [0.4, 0.5) is 11.6 Å². The number of amides is 2. The Morgan fingerprint density at radius 2 is 1.94 bits per heavy atom. The van der Waals surface area contributed by atoms with Gasteiger partial charge in [-0.2, -0.15) is 0 Å². The third kappa shape index (κ3) is 5.12. The molecule has 33 heavy (non-hydrogen) atoms. The summed E-state index contributed by atoms with van der Waals surface area (Å²) in [5.74, 6) is -0.0127. The van der Waals surface area contributed by atoms with Gasteiger partial charge in [-0.15, -0.1) is 0 Å². The lowest BCUT2D eigenvalue weighted by Crippen LogP contribution is -2.47. The van der Waals surface area contributed by atoms with Crippen LogP contribution in [0.5, 0.6) is 0 Å². The Labute approximate surface area is 192 Å². The Kier molecular flexibility index (Phi) is 6.85. The number of aromatic nitrogens is 3. The summed E-state index contributed by atoms with van der Waals surface area (Å²) < 4.78 is 7.01. The minimum atomic E-state index is -0.320. The van der Waals surface area contributed by atoms with Gasteiger partial charge in [0.15, 0.2) is 5.65 Å². The zero-order valence-electron chi connectivity index (χ0n) is 19.0. The summed E-state index contributed by atoms with van der Waals surface area (Å²) in [4.78, 5) is 38.9. The molecular weight excluding hydrogens is 422 g/mol. The number of nitrogens with one attached hydrogen (secondary N) is 1. The SMILES string of the molecule is COCCCn1c(NC(=O)c2cccc(N)c2)nc2cc(C(=O)N3CCN(C)CC3)cnc21. The van der Waals surface area contributed by atoms with Gasteiger partial charge in [0, 0.05) is 63.9 Å². The van der Waals surface area contributed by atoms with E-state index < -0.39 is 0 Å². The number of carbonyl (C=O) groups is 2. The van der Waals surface area contributed by atoms with Crippen LogP contribution in [0.25, 0.3) is 11.2 Å². The van der Waals surface area contributed by atoms with Gasteiger partial charge in [0.05, 0.1) is 5.56 Å². The molecule has 1 aromatic carbocycles. The summed E-state index contributed by atoms with van der Waals surface area (Å²) in [5.41, 5.74) is 8.39. The van der Waals surface area contributed by atoms with Gasteiger partial charge in [0.2, 0.25) is 5.95 Å². The molecule has 0 aliphatic carbocycles. The van der Waals surface area contributed by atoms with E-state index in [0.29, 0.717) is 66.6 Å². The number of nitrogens with zero attached hydrogens (tertiary/aromatic N) is 5. The van der Waals surface area contributed by atoms with Crippen molar-refractivity contribution in [3.05, 3.63) is 47.7 Å². The Morgan fingerprint density at radius 3 is 2.67 bits per heavy atom. The van der Waals surface area contributed by atoms with Gasteiger partial charge < -0.3 is 20.3 Å². The van der Waals surface area contributed by atoms with Crippen molar-refractivity contribution < 1.29 is 14.3 Å². The zero-order valence-corrected chi connectivity index (χ0v) is 19.0. The average Bonchev–Trinajstić information content (AvgIpc) is 3.15. The van der Waals surface area contributed by atoms with Crippen molar-refractivity contribution >= 4 is 34.6 Å². The highest BCUT2D eigenvalue weighted by atomic mass is 16.5. The number of piperazine rings is 1. The number of rotatable bonds is 7. The van der Waals surface area contributed by atoms with Crippen LogP contribution < -0.4 is 11.1 Å². The largest absolute Gasteiger partial charge is 0.399 e. The summed E-state index contributed by atoms with van der Waals surface area (Å²) in [6.07, 6.45) is 2.30. The van der Waals surface area contributed by atoms with E-state index in [9.17, 15) is 9.59 Å². The van der Waals surface area contributed by atoms with Crippen LogP contribution >= 0.6 is 0 Å². The van der Waals surface area contributed by atoms with Gasteiger partial charge in [-0.25, -0.2) is 9.97 Å². The van der Waals surface area contributed by atoms with E-state index in [4.69, 9.17) is 10.5 Å². The molecule has 2 aromatic heterocycles. The van der Waals surface area contributed by atoms with Gasteiger partial charge in [-0.3, -0.25) is 19.5 Å². The number of hydrogen-bond donors (Lipinski definition) is 2. The normalized spacial score (nSPS) is 14.5. The molecule has 1 aliphatic heterocycles. The number of methoxy groups -OCH3 is 1. The number of aryl methyl sites for hydroxylation is 1. The molecule has 0 bridgehead atoms. The first-order valence-electron chi connectivity index (χ1n) is 11.0. The second-order valence-corrected chi connectivity index (χ2v) is 8.18. The minimum absolute atomic E-state index is 0.0585. The van der Waals surface area contributed by atoms with Crippen molar-refractivity contribution in [2.45, 2.75) is 13.0 Å². The number of carbonyl (C=O) groups excluding carboxylic acids is 2. The van der Waals surface area contributed by atoms with Crippen molar-refractivity contribution in [2.75, 3.05) is 58.0 Å². The fraction of sp³-hybridized carbons (Fsp3) is 0.391. The molecule has 3 N–H and O–H groups in total. The van der Waals surface area contributed by atoms with Gasteiger partial charge in [0.1, 0.15) is 5.52 Å². The lowest BCUT2D eigenvalue weighted by molar-refractivity contribution is 0.0663. The summed E-state index contributed by atoms with van der Waals surface area (Å²) in [5, 5.41) is 2.86. The third-order valence-electron chi connectivity index (χ3n) is 5.73. The Morgan fingerprint density at radius 1 is 1.15 bits per heavy atom. The molecule has 0 saturated carbocycles. The van der Waals surface area contributed by atoms with Crippen molar-refractivity contribution in [2.24, 2.45) is 0 Å². The number of ether oxygens (including phenoxy) is 1. The second-order valence-electron chi connectivity index (χ2n) is 8.18. The first-order chi connectivity index (χ1) is 16.0. The van der Waals surface area contributed by atoms with Crippen molar-refractivity contribution in [1.82, 2.24) is 24.3 Å². The number of imidazole rings is 1. The fourth-order valence-corrected chi connectivity index (χ4v) is 3.85. The molecule has 0 unspecified atom stereocenters. The van der Waals surface area contributed by atoms with E-state index in [1.54, 1.807) is 43.6 Å². The average molecular weight is 452 g/mol. The molecule has 3 aromatic rings. The maximum Gasteiger partial charge on any atom is 0.258 e. The van der Waals surface area contributed by atoms with E-state index in [1.807, 2.05) is 16.5 Å². The molecule has 0 spiro atoms. The number of likely N-dealkylation sites (N-methyl/N-ethyl adjacent to an activating group) is 1. The Hall–Kier alpha value is -3.50. The fourth-order valence-electron chi connectivity index (χ4n) is 3.85. The lowest BCUT2D eigenvalue weighted by Gasteiger charge is -2.32. The molecular formula is C23H29N7O3. The summed E-state index contributed by atoms with van der Waals surface area (Å²) in [7, 11) is 3.69. The zero-order chi connectivity index (χ0) is 23.4. The third-order valence-corrected chi connectivity index (χ3v) is 5.73. The number of anilines is 2. The number of benzene rings is 1. The molecule has 1 fully saturated rings. The van der Waals surface area contributed by atoms with Crippen LogP contribution in [0.3, 0.4) is 0 Å². The first kappa shape index (κ1) is 22.7. The van der Waals surface area contributed by atoms with Crippen molar-refractivity contribution in [3.63, 3.8) is 0 Å². The van der Waals surface area contributed by atoms with Gasteiger partial charge in [-0.1, -0.05) is 6.07 Å². The molecule has 1 saturated heterocycles. The van der Waals surface area contributed by atoms with E-state index in [1.165, 1.54) is 0 Å². The summed E-state index contributed by atoms with van der Waals surface area (Å²) in [6, 6.07) is 8.49. The number of fused-ring (bicyclic) bond motifs is 1. The quantitative estimate of drug-likeness (QED) is 0.414. The molecule has 10 heteroatoms. The maximum absolute atomic E-state index is 13.0. The van der Waals surface area contributed by atoms with E-state index >= 15 is 0 Å². The summed E-state index contributed by atoms with van der Waals surface area (Å²) in [6.45, 7) is 4.16. The van der Waals surface area contributed by atoms with Crippen LogP contribution in [0.15, 0.2) is 36.5 Å². The molecule has 174 valence electrons. The number of hydrogen-bond acceptors (Lipinski definition) is 7. The molecule has 0 atom stereocenters. The number of nitrogens with two attached hydrogens (primary N) is 1. The van der Waals surface area contributed by atoms with Gasteiger partial charge in [0.25, 0.3) is 11.8 Å². The highest BCUT2D eigenvalue weighted by molar-refractivity contribution is 6.04. The molecule has 0 radical (unpaired) electrons. The summed E-state index contributed by atoms with van der Waals surface area (Å²) >= 11 is 0. The first-order valence-corrected chi connectivity index (χ1v) is 11.0. The molecule has 2 amide bonds. The predicted molar refractivity (Wildman–Crippen MR) is 126 cm³/mol. The Balaban J connectivity index is 1.62. The lowest BCUT2D eigenvalue weighted by atomic mass is 10.2. The van der Waals surface area contributed by atoms with Crippen molar-refractivity contribution in [1.29, 1.82) is 0 Å². The predicted octanol–water partition coefficient (Wildman–Crippen LogP) is 1.69. The van der Waals surface area contributed by atoms with Crippen LogP contribution in [-0.2, 0) is 11.3 Å². The van der Waals surface area contributed by atoms with Crippen molar-refractivity contribution in [3.8, 4) is 0 Å². The maximum atomic E-state index is 13.0. The molecule has 4 rings (SSSR count). The minimum Gasteiger partial charge on any atom is -0.399 e. The monoisotopic (exact) mass is 451 g/mol. The smallest absolute Gasteiger partial charge is 0.258 e. The van der Waals surface area contributed by atoms with E-state index in [-0.39, 0.29) is 11.8 Å². The van der Waals surface area contributed by atoms with Crippen LogP contribution in [0, 0.1) is 0 Å². The number of nitrogen functional groups attached to an aromatic ring is 1. The molecule has 3 heterocycles. The van der Waals surface area contributed by atoms with E-state index in [2.05, 4.69) is 20.2 Å². The second kappa shape index (κ2) is 9.97. The van der Waals surface area contributed by atoms with Crippen LogP contribution in [0.2, 0.25) is 0 Å². The molecule has 10 nitrogen and oxygen atoms in total. The highest BCUT2D eigenvalue weighted by Gasteiger charge is 2.22. The van der Waals surface area contributed by atoms with E-state index in [0.717, 1.165) is 13.1 Å². The van der Waals surface area contributed by atoms with Gasteiger partial charge >= 0.3 is 0 Å². The highest BCUT2D eigenvalue weighted by Crippen LogP contribution is 2.21. The number of pyridine rings is 1. The van der Waals surface area contributed by atoms with Crippen LogP contribution in [-0.4, -0.2) is 83.1 Å². The standard InChI is InChI=1S/C23H29N7O3/c1-28-8-10-29(11-9-28)22(32)17-14-19-20(25-15-17)30(7-4-12-33-2)23(26-19)27-21(31)16-5-3-6-18(24)13-16/h3,5-6,13-15H,4,7-12,24H2,1-2H3,(H,26,27,31). The molecule has 1 aliphatic rings. The Bertz CT molecular complexity index is 1150.